The number of hydrogen-bond acceptors (Lipinski definition) is 7. The Labute approximate surface area is 152 Å². The normalized spacial score (nSPS) is 14.4. The molecule has 2 heterocycles. The molecular weight excluding hydrogens is 358 g/mol. The van der Waals surface area contributed by atoms with Gasteiger partial charge in [0.05, 0.1) is 10.8 Å². The maximum atomic E-state index is 12.5. The molecule has 2 aromatic rings. The van der Waals surface area contributed by atoms with Gasteiger partial charge in [0.2, 0.25) is 5.91 Å². The average molecular weight is 375 g/mol. The predicted molar refractivity (Wildman–Crippen MR) is 97.0 cm³/mol. The number of nitrogens with zero attached hydrogens (tertiary/aromatic N) is 3. The molecule has 1 atom stereocenters. The molecule has 0 aliphatic heterocycles. The Hall–Kier alpha value is -2.18. The van der Waals surface area contributed by atoms with Gasteiger partial charge in [0, 0.05) is 4.88 Å². The topological polar surface area (TPSA) is 112 Å². The Kier molecular flexibility index (Phi) is 5.20. The molecule has 0 saturated heterocycles. The summed E-state index contributed by atoms with van der Waals surface area (Å²) in [6.07, 6.45) is 4.07. The molecule has 0 saturated carbocycles. The molecule has 0 unspecified atom stereocenters. The summed E-state index contributed by atoms with van der Waals surface area (Å²) < 4.78 is 0. The van der Waals surface area contributed by atoms with Crippen molar-refractivity contribution in [3.63, 3.8) is 0 Å². The fourth-order valence-electron chi connectivity index (χ4n) is 2.64. The van der Waals surface area contributed by atoms with Crippen LogP contribution in [0.5, 0.6) is 0 Å². The molecule has 7 nitrogen and oxygen atoms in total. The lowest BCUT2D eigenvalue weighted by Gasteiger charge is -2.10. The molecule has 3 rings (SSSR count). The van der Waals surface area contributed by atoms with Gasteiger partial charge >= 0.3 is 0 Å². The lowest BCUT2D eigenvalue weighted by molar-refractivity contribution is -0.115. The van der Waals surface area contributed by atoms with Crippen molar-refractivity contribution in [1.29, 1.82) is 5.26 Å². The van der Waals surface area contributed by atoms with E-state index in [9.17, 15) is 14.9 Å². The van der Waals surface area contributed by atoms with Crippen molar-refractivity contribution in [1.82, 2.24) is 15.2 Å². The molecule has 1 aliphatic rings. The molecule has 0 radical (unpaired) electrons. The number of amides is 1. The van der Waals surface area contributed by atoms with Crippen LogP contribution in [-0.4, -0.2) is 26.3 Å². The van der Waals surface area contributed by atoms with Crippen molar-refractivity contribution in [3.05, 3.63) is 32.1 Å². The van der Waals surface area contributed by atoms with E-state index in [1.807, 2.05) is 0 Å². The van der Waals surface area contributed by atoms with Crippen molar-refractivity contribution < 1.29 is 4.79 Å². The minimum Gasteiger partial charge on any atom is -0.316 e. The lowest BCUT2D eigenvalue weighted by atomic mass is 9.96. The fraction of sp³-hybridized carbons (Fsp3) is 0.438. The number of thioether (sulfide) groups is 1. The molecule has 2 aromatic heterocycles. The number of fused-ring (bicyclic) bond motifs is 1. The molecule has 9 heteroatoms. The van der Waals surface area contributed by atoms with Gasteiger partial charge in [-0.25, -0.2) is 0 Å². The Morgan fingerprint density at radius 2 is 2.16 bits per heavy atom. The van der Waals surface area contributed by atoms with E-state index in [1.165, 1.54) is 16.2 Å². The SMILES string of the molecule is Cc1nnc(S[C@@H](C)C(=O)Nc2sc3c(c2C#N)CCCC3)[nH]c1=O. The largest absolute Gasteiger partial charge is 0.316 e. The van der Waals surface area contributed by atoms with Crippen molar-refractivity contribution in [2.75, 3.05) is 5.32 Å². The number of aromatic nitrogens is 3. The monoisotopic (exact) mass is 375 g/mol. The van der Waals surface area contributed by atoms with E-state index in [4.69, 9.17) is 0 Å². The number of rotatable bonds is 4. The molecule has 25 heavy (non-hydrogen) atoms. The second-order valence-electron chi connectivity index (χ2n) is 5.82. The van der Waals surface area contributed by atoms with Gasteiger partial charge in [0.25, 0.3) is 5.56 Å². The average Bonchev–Trinajstić information content (AvgIpc) is 2.95. The van der Waals surface area contributed by atoms with E-state index in [0.717, 1.165) is 43.0 Å². The van der Waals surface area contributed by atoms with Gasteiger partial charge in [-0.2, -0.15) is 5.26 Å². The van der Waals surface area contributed by atoms with E-state index in [-0.39, 0.29) is 17.2 Å². The van der Waals surface area contributed by atoms with Gasteiger partial charge in [-0.3, -0.25) is 14.6 Å². The summed E-state index contributed by atoms with van der Waals surface area (Å²) in [6.45, 7) is 3.29. The van der Waals surface area contributed by atoms with E-state index in [2.05, 4.69) is 26.6 Å². The quantitative estimate of drug-likeness (QED) is 0.794. The predicted octanol–water partition coefficient (Wildman–Crippen LogP) is 2.40. The number of H-pyrrole nitrogens is 1. The number of thiophene rings is 1. The number of aromatic amines is 1. The zero-order valence-electron chi connectivity index (χ0n) is 13.9. The smallest absolute Gasteiger partial charge is 0.273 e. The van der Waals surface area contributed by atoms with Crippen LogP contribution in [0.15, 0.2) is 9.95 Å². The summed E-state index contributed by atoms with van der Waals surface area (Å²) >= 11 is 2.62. The van der Waals surface area contributed by atoms with Crippen LogP contribution in [-0.2, 0) is 17.6 Å². The van der Waals surface area contributed by atoms with Gasteiger partial charge in [-0.1, -0.05) is 11.8 Å². The van der Waals surface area contributed by atoms with Gasteiger partial charge in [-0.15, -0.1) is 21.5 Å². The second-order valence-corrected chi connectivity index (χ2v) is 8.26. The highest BCUT2D eigenvalue weighted by Crippen LogP contribution is 2.37. The van der Waals surface area contributed by atoms with Crippen molar-refractivity contribution in [2.24, 2.45) is 0 Å². The van der Waals surface area contributed by atoms with Crippen LogP contribution in [0.25, 0.3) is 0 Å². The third-order valence-electron chi connectivity index (χ3n) is 4.02. The van der Waals surface area contributed by atoms with Crippen molar-refractivity contribution in [2.45, 2.75) is 49.9 Å². The van der Waals surface area contributed by atoms with Crippen LogP contribution < -0.4 is 10.9 Å². The number of carbonyl (C=O) groups excluding carboxylic acids is 1. The summed E-state index contributed by atoms with van der Waals surface area (Å²) in [6, 6.07) is 2.23. The van der Waals surface area contributed by atoms with Crippen molar-refractivity contribution >= 4 is 34.0 Å². The Morgan fingerprint density at radius 1 is 1.40 bits per heavy atom. The molecule has 0 spiro atoms. The first kappa shape index (κ1) is 17.6. The molecule has 130 valence electrons. The maximum Gasteiger partial charge on any atom is 0.273 e. The van der Waals surface area contributed by atoms with Crippen LogP contribution in [0.1, 0.15) is 41.5 Å². The van der Waals surface area contributed by atoms with Crippen molar-refractivity contribution in [3.8, 4) is 6.07 Å². The van der Waals surface area contributed by atoms with E-state index in [0.29, 0.717) is 15.7 Å². The minimum atomic E-state index is -0.488. The van der Waals surface area contributed by atoms with Crippen LogP contribution in [0.4, 0.5) is 5.00 Å². The highest BCUT2D eigenvalue weighted by molar-refractivity contribution is 8.00. The zero-order chi connectivity index (χ0) is 18.0. The van der Waals surface area contributed by atoms with E-state index in [1.54, 1.807) is 13.8 Å². The maximum absolute atomic E-state index is 12.5. The first-order valence-electron chi connectivity index (χ1n) is 7.95. The van der Waals surface area contributed by atoms with Gasteiger partial charge in [0.15, 0.2) is 5.16 Å². The highest BCUT2D eigenvalue weighted by Gasteiger charge is 2.24. The first-order valence-corrected chi connectivity index (χ1v) is 9.65. The summed E-state index contributed by atoms with van der Waals surface area (Å²) in [7, 11) is 0. The van der Waals surface area contributed by atoms with Gasteiger partial charge < -0.3 is 5.32 Å². The highest BCUT2D eigenvalue weighted by atomic mass is 32.2. The zero-order valence-corrected chi connectivity index (χ0v) is 15.5. The number of hydrogen-bond donors (Lipinski definition) is 2. The van der Waals surface area contributed by atoms with Gasteiger partial charge in [0.1, 0.15) is 16.8 Å². The molecule has 0 bridgehead atoms. The summed E-state index contributed by atoms with van der Waals surface area (Å²) in [5.74, 6) is -0.233. The number of aryl methyl sites for hydroxylation is 2. The van der Waals surface area contributed by atoms with Crippen LogP contribution in [0.3, 0.4) is 0 Å². The number of nitriles is 1. The first-order chi connectivity index (χ1) is 12.0. The molecular formula is C16H17N5O2S2. The number of nitrogens with one attached hydrogen (secondary N) is 2. The summed E-state index contributed by atoms with van der Waals surface area (Å²) in [5.41, 5.74) is 1.64. The molecule has 1 aliphatic carbocycles. The number of carbonyl (C=O) groups is 1. The van der Waals surface area contributed by atoms with E-state index < -0.39 is 5.25 Å². The minimum absolute atomic E-state index is 0.233. The van der Waals surface area contributed by atoms with Crippen LogP contribution in [0.2, 0.25) is 0 Å². The molecule has 0 fully saturated rings. The third-order valence-corrected chi connectivity index (χ3v) is 6.20. The lowest BCUT2D eigenvalue weighted by Crippen LogP contribution is -2.23. The van der Waals surface area contributed by atoms with Gasteiger partial charge in [-0.05, 0) is 45.1 Å². The molecule has 0 aromatic carbocycles. The Morgan fingerprint density at radius 3 is 2.88 bits per heavy atom. The second kappa shape index (κ2) is 7.37. The number of anilines is 1. The Bertz CT molecular complexity index is 912. The fourth-order valence-corrected chi connectivity index (χ4v) is 4.62. The Balaban J connectivity index is 1.73. The third kappa shape index (κ3) is 3.75. The standard InChI is InChI=1S/C16H17N5O2S2/c1-8-13(22)19-16(21-20-8)24-9(2)14(23)18-15-11(7-17)10-5-3-4-6-12(10)25-15/h9H,3-6H2,1-2H3,(H,18,23)(H,19,21,22)/t9-/m0/s1. The van der Waals surface area contributed by atoms with E-state index >= 15 is 0 Å². The molecule has 2 N–H and O–H groups in total. The summed E-state index contributed by atoms with van der Waals surface area (Å²) in [4.78, 5) is 27.8. The van der Waals surface area contributed by atoms with Crippen LogP contribution >= 0.6 is 23.1 Å². The van der Waals surface area contributed by atoms with Crippen LogP contribution in [0, 0.1) is 18.3 Å². The summed E-state index contributed by atoms with van der Waals surface area (Å²) in [5, 5.41) is 20.4. The molecule has 1 amide bonds.